The van der Waals surface area contributed by atoms with Crippen molar-refractivity contribution in [1.82, 2.24) is 19.7 Å². The molecule has 0 fully saturated rings. The van der Waals surface area contributed by atoms with Gasteiger partial charge in [-0.05, 0) is 32.0 Å². The van der Waals surface area contributed by atoms with Crippen LogP contribution in [0.4, 0.5) is 5.13 Å². The van der Waals surface area contributed by atoms with Gasteiger partial charge in [0.15, 0.2) is 5.13 Å². The van der Waals surface area contributed by atoms with Gasteiger partial charge in [0, 0.05) is 0 Å². The third-order valence-electron chi connectivity index (χ3n) is 3.11. The van der Waals surface area contributed by atoms with Crippen molar-refractivity contribution in [3.8, 4) is 5.75 Å². The summed E-state index contributed by atoms with van der Waals surface area (Å²) in [6.45, 7) is 4.31. The second kappa shape index (κ2) is 6.10. The zero-order valence-electron chi connectivity index (χ0n) is 12.2. The monoisotopic (exact) mass is 317 g/mol. The van der Waals surface area contributed by atoms with Gasteiger partial charge < -0.3 is 10.1 Å². The number of nitrogens with zero attached hydrogens (tertiary/aromatic N) is 4. The maximum Gasteiger partial charge on any atom is 0.250 e. The van der Waals surface area contributed by atoms with Crippen LogP contribution in [0.15, 0.2) is 30.9 Å². The highest BCUT2D eigenvalue weighted by Gasteiger charge is 2.17. The first-order chi connectivity index (χ1) is 10.7. The number of carbonyl (C=O) groups is 1. The fourth-order valence-corrected chi connectivity index (χ4v) is 2.86. The normalized spacial score (nSPS) is 12.3. The summed E-state index contributed by atoms with van der Waals surface area (Å²) in [5.41, 5.74) is 0.831. The van der Waals surface area contributed by atoms with Gasteiger partial charge in [0.2, 0.25) is 0 Å². The maximum atomic E-state index is 12.2. The summed E-state index contributed by atoms with van der Waals surface area (Å²) < 4.78 is 7.93. The Balaban J connectivity index is 1.77. The molecule has 3 aromatic rings. The van der Waals surface area contributed by atoms with Gasteiger partial charge in [-0.2, -0.15) is 5.10 Å². The van der Waals surface area contributed by atoms with Gasteiger partial charge in [-0.1, -0.05) is 11.3 Å². The summed E-state index contributed by atoms with van der Waals surface area (Å²) in [6, 6.07) is 5.23. The van der Waals surface area contributed by atoms with Crippen molar-refractivity contribution < 1.29 is 9.53 Å². The van der Waals surface area contributed by atoms with Crippen molar-refractivity contribution in [2.75, 3.05) is 11.9 Å². The van der Waals surface area contributed by atoms with Gasteiger partial charge in [-0.15, -0.1) is 0 Å². The van der Waals surface area contributed by atoms with E-state index in [-0.39, 0.29) is 5.91 Å². The van der Waals surface area contributed by atoms with Crippen molar-refractivity contribution in [2.24, 2.45) is 0 Å². The second-order valence-electron chi connectivity index (χ2n) is 4.62. The van der Waals surface area contributed by atoms with Crippen molar-refractivity contribution >= 4 is 32.6 Å². The molecule has 1 amide bonds. The van der Waals surface area contributed by atoms with Crippen LogP contribution in [0.25, 0.3) is 10.2 Å². The number of rotatable bonds is 5. The van der Waals surface area contributed by atoms with Crippen molar-refractivity contribution in [2.45, 2.75) is 19.9 Å². The molecule has 0 radical (unpaired) electrons. The Bertz CT molecular complexity index is 784. The Morgan fingerprint density at radius 2 is 2.36 bits per heavy atom. The molecule has 2 aromatic heterocycles. The highest BCUT2D eigenvalue weighted by Crippen LogP contribution is 2.29. The van der Waals surface area contributed by atoms with E-state index in [4.69, 9.17) is 4.74 Å². The molecule has 3 rings (SSSR count). The number of fused-ring (bicyclic) bond motifs is 1. The third kappa shape index (κ3) is 2.91. The minimum atomic E-state index is -0.450. The van der Waals surface area contributed by atoms with E-state index in [9.17, 15) is 4.79 Å². The van der Waals surface area contributed by atoms with E-state index in [1.165, 1.54) is 28.7 Å². The molecule has 8 heteroatoms. The zero-order valence-corrected chi connectivity index (χ0v) is 13.0. The molecule has 0 aliphatic carbocycles. The van der Waals surface area contributed by atoms with Crippen LogP contribution in [0.2, 0.25) is 0 Å². The smallest absolute Gasteiger partial charge is 0.250 e. The second-order valence-corrected chi connectivity index (χ2v) is 5.65. The lowest BCUT2D eigenvalue weighted by molar-refractivity contribution is -0.119. The SMILES string of the molecule is CCOc1ccc2nc(NC(=O)C(C)n3cncn3)sc2c1. The number of aromatic nitrogens is 4. The van der Waals surface area contributed by atoms with Crippen LogP contribution in [-0.4, -0.2) is 32.3 Å². The Morgan fingerprint density at radius 3 is 3.09 bits per heavy atom. The molecule has 1 aromatic carbocycles. The third-order valence-corrected chi connectivity index (χ3v) is 4.05. The molecule has 114 valence electrons. The topological polar surface area (TPSA) is 81.9 Å². The Labute approximate surface area is 131 Å². The molecule has 1 atom stereocenters. The molecule has 22 heavy (non-hydrogen) atoms. The van der Waals surface area contributed by atoms with E-state index < -0.39 is 6.04 Å². The average molecular weight is 317 g/mol. The van der Waals surface area contributed by atoms with Crippen molar-refractivity contribution in [3.05, 3.63) is 30.9 Å². The average Bonchev–Trinajstić information content (AvgIpc) is 3.15. The van der Waals surface area contributed by atoms with Gasteiger partial charge in [-0.3, -0.25) is 4.79 Å². The zero-order chi connectivity index (χ0) is 15.5. The highest BCUT2D eigenvalue weighted by atomic mass is 32.1. The molecule has 0 bridgehead atoms. The lowest BCUT2D eigenvalue weighted by Crippen LogP contribution is -2.23. The predicted molar refractivity (Wildman–Crippen MR) is 84.2 cm³/mol. The summed E-state index contributed by atoms with van der Waals surface area (Å²) in [4.78, 5) is 20.4. The lowest BCUT2D eigenvalue weighted by atomic mass is 10.3. The summed E-state index contributed by atoms with van der Waals surface area (Å²) in [7, 11) is 0. The first-order valence-electron chi connectivity index (χ1n) is 6.85. The predicted octanol–water partition coefficient (Wildman–Crippen LogP) is 2.49. The number of hydrogen-bond acceptors (Lipinski definition) is 6. The van der Waals surface area contributed by atoms with Crippen molar-refractivity contribution in [3.63, 3.8) is 0 Å². The molecule has 1 unspecified atom stereocenters. The number of amides is 1. The molecule has 0 aliphatic heterocycles. The van der Waals surface area contributed by atoms with E-state index in [2.05, 4.69) is 20.4 Å². The molecular formula is C14H15N5O2S. The first kappa shape index (κ1) is 14.5. The van der Waals surface area contributed by atoms with E-state index in [0.717, 1.165) is 16.0 Å². The van der Waals surface area contributed by atoms with Gasteiger partial charge in [0.1, 0.15) is 24.4 Å². The summed E-state index contributed by atoms with van der Waals surface area (Å²) in [6.07, 6.45) is 2.91. The number of benzene rings is 1. The molecule has 0 spiro atoms. The summed E-state index contributed by atoms with van der Waals surface area (Å²) >= 11 is 1.41. The number of thiazole rings is 1. The van der Waals surface area contributed by atoms with Crippen LogP contribution >= 0.6 is 11.3 Å². The molecule has 0 saturated heterocycles. The maximum absolute atomic E-state index is 12.2. The summed E-state index contributed by atoms with van der Waals surface area (Å²) in [5, 5.41) is 7.33. The fourth-order valence-electron chi connectivity index (χ4n) is 1.96. The largest absolute Gasteiger partial charge is 0.494 e. The van der Waals surface area contributed by atoms with Crippen LogP contribution in [0.1, 0.15) is 19.9 Å². The van der Waals surface area contributed by atoms with Gasteiger partial charge in [0.25, 0.3) is 5.91 Å². The lowest BCUT2D eigenvalue weighted by Gasteiger charge is -2.09. The minimum Gasteiger partial charge on any atom is -0.494 e. The first-order valence-corrected chi connectivity index (χ1v) is 7.67. The molecular weight excluding hydrogens is 302 g/mol. The number of ether oxygens (including phenoxy) is 1. The van der Waals surface area contributed by atoms with E-state index in [0.29, 0.717) is 11.7 Å². The van der Waals surface area contributed by atoms with Gasteiger partial charge in [-0.25, -0.2) is 14.6 Å². The van der Waals surface area contributed by atoms with Crippen LogP contribution in [-0.2, 0) is 4.79 Å². The van der Waals surface area contributed by atoms with Crippen LogP contribution in [0.5, 0.6) is 5.75 Å². The Hall–Kier alpha value is -2.48. The van der Waals surface area contributed by atoms with Crippen LogP contribution < -0.4 is 10.1 Å². The number of anilines is 1. The molecule has 7 nitrogen and oxygen atoms in total. The molecule has 0 saturated carbocycles. The number of hydrogen-bond donors (Lipinski definition) is 1. The van der Waals surface area contributed by atoms with Crippen molar-refractivity contribution in [1.29, 1.82) is 0 Å². The van der Waals surface area contributed by atoms with E-state index >= 15 is 0 Å². The summed E-state index contributed by atoms with van der Waals surface area (Å²) in [5.74, 6) is 0.613. The molecule has 0 aliphatic rings. The Morgan fingerprint density at radius 1 is 1.50 bits per heavy atom. The fraction of sp³-hybridized carbons (Fsp3) is 0.286. The molecule has 2 heterocycles. The minimum absolute atomic E-state index is 0.186. The van der Waals surface area contributed by atoms with Crippen LogP contribution in [0, 0.1) is 0 Å². The quantitative estimate of drug-likeness (QED) is 0.782. The van der Waals surface area contributed by atoms with Gasteiger partial charge in [0.05, 0.1) is 16.8 Å². The number of carbonyl (C=O) groups excluding carboxylic acids is 1. The number of nitrogens with one attached hydrogen (secondary N) is 1. The molecule has 1 N–H and O–H groups in total. The van der Waals surface area contributed by atoms with E-state index in [1.807, 2.05) is 25.1 Å². The van der Waals surface area contributed by atoms with E-state index in [1.54, 1.807) is 6.92 Å². The van der Waals surface area contributed by atoms with Crippen LogP contribution in [0.3, 0.4) is 0 Å². The highest BCUT2D eigenvalue weighted by molar-refractivity contribution is 7.22. The standard InChI is InChI=1S/C14H15N5O2S/c1-3-21-10-4-5-11-12(6-10)22-14(17-11)18-13(20)9(2)19-8-15-7-16-19/h4-9H,3H2,1-2H3,(H,17,18,20). The van der Waals surface area contributed by atoms with Gasteiger partial charge >= 0.3 is 0 Å². The Kier molecular flexibility index (Phi) is 4.01.